The minimum absolute atomic E-state index is 0.245. The van der Waals surface area contributed by atoms with Gasteiger partial charge < -0.3 is 9.80 Å². The number of rotatable bonds is 4. The molecule has 2 amide bonds. The molecule has 1 heterocycles. The van der Waals surface area contributed by atoms with Crippen molar-refractivity contribution < 1.29 is 4.79 Å². The van der Waals surface area contributed by atoms with Crippen molar-refractivity contribution in [1.29, 1.82) is 0 Å². The fraction of sp³-hybridized carbons (Fsp3) is 0.900. The maximum Gasteiger partial charge on any atom is 0.319 e. The first kappa shape index (κ1) is 10.4. The summed E-state index contributed by atoms with van der Waals surface area (Å²) in [6, 6.07) is 0.245. The van der Waals surface area contributed by atoms with E-state index in [4.69, 9.17) is 0 Å². The highest BCUT2D eigenvalue weighted by Crippen LogP contribution is 2.09. The van der Waals surface area contributed by atoms with E-state index in [1.807, 2.05) is 9.80 Å². The summed E-state index contributed by atoms with van der Waals surface area (Å²) in [6.07, 6.45) is 3.25. The van der Waals surface area contributed by atoms with Crippen LogP contribution >= 0.6 is 0 Å². The van der Waals surface area contributed by atoms with Gasteiger partial charge in [0, 0.05) is 26.2 Å². The number of carbonyl (C=O) groups is 1. The lowest BCUT2D eigenvalue weighted by molar-refractivity contribution is 0.130. The van der Waals surface area contributed by atoms with Gasteiger partial charge in [-0.25, -0.2) is 4.79 Å². The molecule has 76 valence electrons. The van der Waals surface area contributed by atoms with E-state index in [0.29, 0.717) is 0 Å². The van der Waals surface area contributed by atoms with Gasteiger partial charge in [0.15, 0.2) is 0 Å². The molecule has 0 bridgehead atoms. The van der Waals surface area contributed by atoms with Gasteiger partial charge in [-0.1, -0.05) is 13.8 Å². The Morgan fingerprint density at radius 1 is 1.08 bits per heavy atom. The molecule has 13 heavy (non-hydrogen) atoms. The van der Waals surface area contributed by atoms with Gasteiger partial charge in [0.2, 0.25) is 0 Å². The number of carbonyl (C=O) groups excluding carboxylic acids is 1. The lowest BCUT2D eigenvalue weighted by Gasteiger charge is -2.35. The average Bonchev–Trinajstić information content (AvgIpc) is 2.13. The second-order valence-electron chi connectivity index (χ2n) is 3.61. The zero-order valence-corrected chi connectivity index (χ0v) is 8.75. The molecule has 1 aliphatic heterocycles. The topological polar surface area (TPSA) is 23.6 Å². The second kappa shape index (κ2) is 5.10. The Labute approximate surface area is 80.7 Å². The van der Waals surface area contributed by atoms with E-state index in [1.54, 1.807) is 0 Å². The molecule has 3 heteroatoms. The van der Waals surface area contributed by atoms with E-state index < -0.39 is 0 Å². The van der Waals surface area contributed by atoms with E-state index in [2.05, 4.69) is 13.8 Å². The van der Waals surface area contributed by atoms with Gasteiger partial charge in [-0.2, -0.15) is 0 Å². The maximum atomic E-state index is 11.8. The molecule has 0 aromatic rings. The fourth-order valence-electron chi connectivity index (χ4n) is 1.80. The molecule has 1 saturated heterocycles. The molecule has 0 unspecified atom stereocenters. The summed E-state index contributed by atoms with van der Waals surface area (Å²) in [7, 11) is 0. The highest BCUT2D eigenvalue weighted by Gasteiger charge is 2.23. The highest BCUT2D eigenvalue weighted by molar-refractivity contribution is 5.75. The number of nitrogens with zero attached hydrogens (tertiary/aromatic N) is 2. The molecule has 0 aliphatic carbocycles. The molecule has 0 N–H and O–H groups in total. The smallest absolute Gasteiger partial charge is 0.319 e. The highest BCUT2D eigenvalue weighted by atomic mass is 16.2. The van der Waals surface area contributed by atoms with Crippen LogP contribution in [0, 0.1) is 0 Å². The van der Waals surface area contributed by atoms with E-state index in [9.17, 15) is 4.79 Å². The van der Waals surface area contributed by atoms with Gasteiger partial charge in [0.25, 0.3) is 0 Å². The molecule has 0 aromatic heterocycles. The molecule has 1 fully saturated rings. The van der Waals surface area contributed by atoms with Crippen LogP contribution in [0.2, 0.25) is 0 Å². The molecular formula is C10H20N2O. The summed E-state index contributed by atoms with van der Waals surface area (Å²) in [5.41, 5.74) is 0. The van der Waals surface area contributed by atoms with Crippen molar-refractivity contribution in [3.63, 3.8) is 0 Å². The van der Waals surface area contributed by atoms with Crippen molar-refractivity contribution in [3.8, 4) is 0 Å². The largest absolute Gasteiger partial charge is 0.325 e. The standard InChI is InChI=1S/C10H20N2O/c1-3-6-11-8-5-9-12(7-4-2)10(11)13/h3-9H2,1-2H3. The van der Waals surface area contributed by atoms with Crippen LogP contribution in [0.3, 0.4) is 0 Å². The minimum atomic E-state index is 0.245. The second-order valence-corrected chi connectivity index (χ2v) is 3.61. The number of hydrogen-bond donors (Lipinski definition) is 0. The van der Waals surface area contributed by atoms with Gasteiger partial charge in [-0.3, -0.25) is 0 Å². The van der Waals surface area contributed by atoms with E-state index in [1.165, 1.54) is 0 Å². The normalized spacial score (nSPS) is 18.2. The summed E-state index contributed by atoms with van der Waals surface area (Å²) < 4.78 is 0. The predicted molar refractivity (Wildman–Crippen MR) is 53.7 cm³/mol. The summed E-state index contributed by atoms with van der Waals surface area (Å²) in [6.45, 7) is 7.97. The van der Waals surface area contributed by atoms with Crippen molar-refractivity contribution in [2.45, 2.75) is 33.1 Å². The third kappa shape index (κ3) is 2.61. The van der Waals surface area contributed by atoms with Crippen molar-refractivity contribution in [3.05, 3.63) is 0 Å². The third-order valence-corrected chi connectivity index (χ3v) is 2.38. The minimum Gasteiger partial charge on any atom is -0.325 e. The Balaban J connectivity index is 2.45. The molecular weight excluding hydrogens is 164 g/mol. The van der Waals surface area contributed by atoms with E-state index in [0.717, 1.165) is 45.4 Å². The molecule has 0 spiro atoms. The lowest BCUT2D eigenvalue weighted by atomic mass is 10.2. The van der Waals surface area contributed by atoms with Gasteiger partial charge in [-0.05, 0) is 19.3 Å². The summed E-state index contributed by atoms with van der Waals surface area (Å²) >= 11 is 0. The van der Waals surface area contributed by atoms with Crippen LogP contribution in [-0.2, 0) is 0 Å². The summed E-state index contributed by atoms with van der Waals surface area (Å²) in [5, 5.41) is 0. The SMILES string of the molecule is CCCN1CCCN(CCC)C1=O. The monoisotopic (exact) mass is 184 g/mol. The van der Waals surface area contributed by atoms with Crippen LogP contribution in [0.1, 0.15) is 33.1 Å². The maximum absolute atomic E-state index is 11.8. The van der Waals surface area contributed by atoms with Gasteiger partial charge in [0.1, 0.15) is 0 Å². The van der Waals surface area contributed by atoms with Crippen LogP contribution < -0.4 is 0 Å². The van der Waals surface area contributed by atoms with Crippen LogP contribution in [0.4, 0.5) is 4.79 Å². The number of urea groups is 1. The first-order chi connectivity index (χ1) is 6.29. The first-order valence-corrected chi connectivity index (χ1v) is 5.33. The third-order valence-electron chi connectivity index (χ3n) is 2.38. The average molecular weight is 184 g/mol. The van der Waals surface area contributed by atoms with Gasteiger partial charge in [0.05, 0.1) is 0 Å². The predicted octanol–water partition coefficient (Wildman–Crippen LogP) is 1.93. The van der Waals surface area contributed by atoms with Crippen molar-refractivity contribution in [2.24, 2.45) is 0 Å². The van der Waals surface area contributed by atoms with Crippen molar-refractivity contribution in [2.75, 3.05) is 26.2 Å². The first-order valence-electron chi connectivity index (χ1n) is 5.33. The summed E-state index contributed by atoms with van der Waals surface area (Å²) in [5.74, 6) is 0. The lowest BCUT2D eigenvalue weighted by Crippen LogP contribution is -2.49. The molecule has 0 atom stereocenters. The quantitative estimate of drug-likeness (QED) is 0.655. The van der Waals surface area contributed by atoms with Crippen molar-refractivity contribution >= 4 is 6.03 Å². The molecule has 0 radical (unpaired) electrons. The number of amides is 2. The van der Waals surface area contributed by atoms with Crippen LogP contribution in [0.25, 0.3) is 0 Å². The van der Waals surface area contributed by atoms with Gasteiger partial charge in [-0.15, -0.1) is 0 Å². The Kier molecular flexibility index (Phi) is 4.06. The molecule has 0 aromatic carbocycles. The molecule has 0 saturated carbocycles. The Morgan fingerprint density at radius 2 is 1.54 bits per heavy atom. The van der Waals surface area contributed by atoms with Gasteiger partial charge >= 0.3 is 6.03 Å². The van der Waals surface area contributed by atoms with Crippen LogP contribution in [0.5, 0.6) is 0 Å². The zero-order valence-electron chi connectivity index (χ0n) is 8.75. The molecule has 3 nitrogen and oxygen atoms in total. The van der Waals surface area contributed by atoms with E-state index in [-0.39, 0.29) is 6.03 Å². The summed E-state index contributed by atoms with van der Waals surface area (Å²) in [4.78, 5) is 15.7. The zero-order chi connectivity index (χ0) is 9.68. The Hall–Kier alpha value is -0.730. The van der Waals surface area contributed by atoms with Crippen LogP contribution in [-0.4, -0.2) is 42.0 Å². The fourth-order valence-corrected chi connectivity index (χ4v) is 1.80. The Bertz CT molecular complexity index is 150. The van der Waals surface area contributed by atoms with Crippen LogP contribution in [0.15, 0.2) is 0 Å². The molecule has 1 aliphatic rings. The molecule has 1 rings (SSSR count). The Morgan fingerprint density at radius 3 is 1.92 bits per heavy atom. The van der Waals surface area contributed by atoms with E-state index >= 15 is 0 Å². The number of hydrogen-bond acceptors (Lipinski definition) is 1. The van der Waals surface area contributed by atoms with Crippen molar-refractivity contribution in [1.82, 2.24) is 9.80 Å².